The first-order valence-corrected chi connectivity index (χ1v) is 7.16. The summed E-state index contributed by atoms with van der Waals surface area (Å²) < 4.78 is 5.17. The predicted octanol–water partition coefficient (Wildman–Crippen LogP) is 3.91. The van der Waals surface area contributed by atoms with Gasteiger partial charge in [0.2, 0.25) is 0 Å². The van der Waals surface area contributed by atoms with Crippen molar-refractivity contribution in [1.82, 2.24) is 4.98 Å². The molecule has 1 aromatic heterocycles. The number of hydrogen-bond donors (Lipinski definition) is 0. The number of benzene rings is 1. The van der Waals surface area contributed by atoms with Crippen molar-refractivity contribution in [2.45, 2.75) is 26.7 Å². The average Bonchev–Trinajstić information content (AvgIpc) is 2.45. The molecule has 0 saturated carbocycles. The van der Waals surface area contributed by atoms with Gasteiger partial charge in [-0.25, -0.2) is 0 Å². The minimum atomic E-state index is -0.00435. The molecule has 0 saturated heterocycles. The number of pyridine rings is 1. The third kappa shape index (κ3) is 2.68. The lowest BCUT2D eigenvalue weighted by molar-refractivity contribution is 0.0910. The molecule has 0 spiro atoms. The summed E-state index contributed by atoms with van der Waals surface area (Å²) >= 11 is 0. The average molecular weight is 281 g/mol. The molecular weight excluding hydrogens is 262 g/mol. The van der Waals surface area contributed by atoms with Crippen LogP contribution in [0.2, 0.25) is 0 Å². The first-order valence-electron chi connectivity index (χ1n) is 7.16. The molecule has 0 bridgehead atoms. The molecule has 3 heteroatoms. The van der Waals surface area contributed by atoms with Crippen molar-refractivity contribution < 1.29 is 9.53 Å². The monoisotopic (exact) mass is 281 g/mol. The Kier molecular flexibility index (Phi) is 3.28. The van der Waals surface area contributed by atoms with Gasteiger partial charge in [0.15, 0.2) is 5.78 Å². The molecule has 1 aromatic carbocycles. The Bertz CT molecular complexity index is 687. The molecule has 108 valence electrons. The van der Waals surface area contributed by atoms with Crippen LogP contribution >= 0.6 is 0 Å². The predicted molar refractivity (Wildman–Crippen MR) is 82.7 cm³/mol. The number of carbonyl (C=O) groups is 1. The van der Waals surface area contributed by atoms with Crippen LogP contribution in [0.25, 0.3) is 11.3 Å². The fraction of sp³-hybridized carbons (Fsp3) is 0.333. The van der Waals surface area contributed by atoms with Gasteiger partial charge in [-0.1, -0.05) is 13.8 Å². The maximum absolute atomic E-state index is 12.2. The summed E-state index contributed by atoms with van der Waals surface area (Å²) in [6.07, 6.45) is 1.45. The fourth-order valence-electron chi connectivity index (χ4n) is 2.86. The van der Waals surface area contributed by atoms with E-state index in [0.717, 1.165) is 34.7 Å². The molecule has 3 nitrogen and oxygen atoms in total. The van der Waals surface area contributed by atoms with E-state index in [1.807, 2.05) is 36.4 Å². The second kappa shape index (κ2) is 4.99. The van der Waals surface area contributed by atoms with Gasteiger partial charge in [-0.15, -0.1) is 0 Å². The van der Waals surface area contributed by atoms with Gasteiger partial charge in [-0.2, -0.15) is 0 Å². The zero-order chi connectivity index (χ0) is 15.0. The molecule has 3 rings (SSSR count). The number of aromatic nitrogens is 1. The van der Waals surface area contributed by atoms with Gasteiger partial charge >= 0.3 is 0 Å². The van der Waals surface area contributed by atoms with E-state index in [4.69, 9.17) is 9.72 Å². The summed E-state index contributed by atoms with van der Waals surface area (Å²) in [4.78, 5) is 16.9. The number of carbonyl (C=O) groups excluding carboxylic acids is 1. The summed E-state index contributed by atoms with van der Waals surface area (Å²) in [6.45, 7) is 4.24. The van der Waals surface area contributed by atoms with E-state index < -0.39 is 0 Å². The summed E-state index contributed by atoms with van der Waals surface area (Å²) in [6, 6.07) is 11.7. The topological polar surface area (TPSA) is 39.2 Å². The Labute approximate surface area is 125 Å². The zero-order valence-corrected chi connectivity index (χ0v) is 12.6. The number of hydrogen-bond acceptors (Lipinski definition) is 3. The highest BCUT2D eigenvalue weighted by Crippen LogP contribution is 2.34. The largest absolute Gasteiger partial charge is 0.497 e. The number of methoxy groups -OCH3 is 1. The van der Waals surface area contributed by atoms with Gasteiger partial charge < -0.3 is 4.74 Å². The number of nitrogens with zero attached hydrogens (tertiary/aromatic N) is 1. The van der Waals surface area contributed by atoms with Crippen molar-refractivity contribution in [3.63, 3.8) is 0 Å². The van der Waals surface area contributed by atoms with Crippen LogP contribution in [0.4, 0.5) is 0 Å². The third-order valence-corrected chi connectivity index (χ3v) is 3.95. The van der Waals surface area contributed by atoms with Crippen molar-refractivity contribution in [3.8, 4) is 17.0 Å². The molecular formula is C18H19NO2. The molecule has 0 atom stereocenters. The van der Waals surface area contributed by atoms with E-state index in [2.05, 4.69) is 13.8 Å². The van der Waals surface area contributed by atoms with E-state index in [1.54, 1.807) is 7.11 Å². The molecule has 1 heterocycles. The molecule has 0 amide bonds. The molecule has 0 fully saturated rings. The highest BCUT2D eigenvalue weighted by Gasteiger charge is 2.31. The summed E-state index contributed by atoms with van der Waals surface area (Å²) in [7, 11) is 1.65. The molecule has 0 aliphatic heterocycles. The van der Waals surface area contributed by atoms with Crippen molar-refractivity contribution in [2.24, 2.45) is 5.41 Å². The fourth-order valence-corrected chi connectivity index (χ4v) is 2.86. The summed E-state index contributed by atoms with van der Waals surface area (Å²) in [5.41, 5.74) is 3.64. The lowest BCUT2D eigenvalue weighted by Crippen LogP contribution is -2.27. The number of rotatable bonds is 2. The molecule has 1 aliphatic carbocycles. The highest BCUT2D eigenvalue weighted by molar-refractivity contribution is 5.98. The number of fused-ring (bicyclic) bond motifs is 1. The van der Waals surface area contributed by atoms with Gasteiger partial charge in [-0.05, 0) is 48.2 Å². The molecule has 1 aliphatic rings. The van der Waals surface area contributed by atoms with Crippen molar-refractivity contribution in [3.05, 3.63) is 47.7 Å². The van der Waals surface area contributed by atoms with Crippen LogP contribution in [0.3, 0.4) is 0 Å². The zero-order valence-electron chi connectivity index (χ0n) is 12.6. The summed E-state index contributed by atoms with van der Waals surface area (Å²) in [5.74, 6) is 1.03. The van der Waals surface area contributed by atoms with Crippen molar-refractivity contribution in [1.29, 1.82) is 0 Å². The Morgan fingerprint density at radius 2 is 1.76 bits per heavy atom. The van der Waals surface area contributed by atoms with Crippen LogP contribution in [-0.2, 0) is 6.42 Å². The van der Waals surface area contributed by atoms with E-state index in [-0.39, 0.29) is 11.2 Å². The van der Waals surface area contributed by atoms with Crippen molar-refractivity contribution in [2.75, 3.05) is 7.11 Å². The van der Waals surface area contributed by atoms with Gasteiger partial charge in [0, 0.05) is 17.5 Å². The van der Waals surface area contributed by atoms with Crippen LogP contribution < -0.4 is 4.74 Å². The van der Waals surface area contributed by atoms with Gasteiger partial charge in [0.1, 0.15) is 5.75 Å². The van der Waals surface area contributed by atoms with E-state index in [9.17, 15) is 4.79 Å². The Balaban J connectivity index is 2.00. The quantitative estimate of drug-likeness (QED) is 0.837. The SMILES string of the molecule is COc1ccc(-c2ccc3c(n2)CC(C)(C)CC3=O)cc1. The second-order valence-corrected chi connectivity index (χ2v) is 6.36. The van der Waals surface area contributed by atoms with E-state index in [0.29, 0.717) is 6.42 Å². The molecule has 21 heavy (non-hydrogen) atoms. The standard InChI is InChI=1S/C18H19NO2/c1-18(2)10-16-14(17(20)11-18)8-9-15(19-16)12-4-6-13(21-3)7-5-12/h4-9H,10-11H2,1-3H3. The normalized spacial score (nSPS) is 16.4. The van der Waals surface area contributed by atoms with Crippen LogP contribution in [0, 0.1) is 5.41 Å². The molecule has 2 aromatic rings. The first kappa shape index (κ1) is 13.8. The lowest BCUT2D eigenvalue weighted by Gasteiger charge is -2.29. The summed E-state index contributed by atoms with van der Waals surface area (Å²) in [5, 5.41) is 0. The Hall–Kier alpha value is -2.16. The van der Waals surface area contributed by atoms with Crippen LogP contribution in [0.5, 0.6) is 5.75 Å². The third-order valence-electron chi connectivity index (χ3n) is 3.95. The maximum atomic E-state index is 12.2. The Morgan fingerprint density at radius 1 is 1.05 bits per heavy atom. The minimum Gasteiger partial charge on any atom is -0.497 e. The molecule has 0 N–H and O–H groups in total. The Morgan fingerprint density at radius 3 is 2.43 bits per heavy atom. The highest BCUT2D eigenvalue weighted by atomic mass is 16.5. The van der Waals surface area contributed by atoms with Crippen LogP contribution in [0.1, 0.15) is 36.3 Å². The first-order chi connectivity index (χ1) is 9.98. The number of Topliss-reactive ketones (excluding diaryl/α,β-unsaturated/α-hetero) is 1. The second-order valence-electron chi connectivity index (χ2n) is 6.36. The van der Waals surface area contributed by atoms with Gasteiger partial charge in [0.05, 0.1) is 18.5 Å². The minimum absolute atomic E-state index is 0.00435. The van der Waals surface area contributed by atoms with E-state index in [1.165, 1.54) is 0 Å². The van der Waals surface area contributed by atoms with Crippen LogP contribution in [0.15, 0.2) is 36.4 Å². The molecule has 0 unspecified atom stereocenters. The molecule has 0 radical (unpaired) electrons. The van der Waals surface area contributed by atoms with Gasteiger partial charge in [-0.3, -0.25) is 9.78 Å². The maximum Gasteiger partial charge on any atom is 0.165 e. The number of ether oxygens (including phenoxy) is 1. The van der Waals surface area contributed by atoms with Gasteiger partial charge in [0.25, 0.3) is 0 Å². The smallest absolute Gasteiger partial charge is 0.165 e. The number of ketones is 1. The van der Waals surface area contributed by atoms with E-state index >= 15 is 0 Å². The van der Waals surface area contributed by atoms with Crippen molar-refractivity contribution >= 4 is 5.78 Å². The lowest BCUT2D eigenvalue weighted by atomic mass is 9.75. The van der Waals surface area contributed by atoms with Crippen LogP contribution in [-0.4, -0.2) is 17.9 Å².